The van der Waals surface area contributed by atoms with Crippen LogP contribution in [-0.2, 0) is 10.1 Å². The Morgan fingerprint density at radius 3 is 1.11 bits per heavy atom. The molecule has 37 heavy (non-hydrogen) atoms. The van der Waals surface area contributed by atoms with Gasteiger partial charge in [-0.1, -0.05) is 77.6 Å². The summed E-state index contributed by atoms with van der Waals surface area (Å²) >= 11 is 0. The van der Waals surface area contributed by atoms with Crippen molar-refractivity contribution in [2.24, 2.45) is 0 Å². The molecule has 14 heteroatoms. The van der Waals surface area contributed by atoms with E-state index in [0.717, 1.165) is 44.9 Å². The van der Waals surface area contributed by atoms with Crippen LogP contribution in [0.1, 0.15) is 84.0 Å². The summed E-state index contributed by atoms with van der Waals surface area (Å²) in [5.74, 6) is 0. The molecular formula is C23H38F10O3S. The molecular weight excluding hydrogens is 546 g/mol. The second-order valence-electron chi connectivity index (χ2n) is 9.27. The maximum Gasteiger partial charge on any atom is 0.272 e. The smallest absolute Gasteiger partial charge is 0.272 e. The monoisotopic (exact) mass is 584 g/mol. The van der Waals surface area contributed by atoms with Crippen LogP contribution in [0.2, 0.25) is 0 Å². The maximum absolute atomic E-state index is 14.5. The van der Waals surface area contributed by atoms with Crippen molar-refractivity contribution in [3.05, 3.63) is 0 Å². The average molecular weight is 585 g/mol. The van der Waals surface area contributed by atoms with Gasteiger partial charge in [0.2, 0.25) is 0 Å². The van der Waals surface area contributed by atoms with Crippen molar-refractivity contribution < 1.29 is 56.9 Å². The third-order valence-corrected chi connectivity index (χ3v) is 7.46. The van der Waals surface area contributed by atoms with E-state index in [1.807, 2.05) is 0 Å². The molecule has 0 saturated carbocycles. The highest BCUT2D eigenvalue weighted by Crippen LogP contribution is 2.31. The summed E-state index contributed by atoms with van der Waals surface area (Å²) in [5, 5.41) is -2.55. The first kappa shape index (κ1) is 36.2. The summed E-state index contributed by atoms with van der Waals surface area (Å²) in [5.41, 5.74) is 0. The summed E-state index contributed by atoms with van der Waals surface area (Å²) in [6, 6.07) is 0. The van der Waals surface area contributed by atoms with E-state index < -0.39 is 77.6 Å². The molecule has 224 valence electrons. The predicted molar refractivity (Wildman–Crippen MR) is 122 cm³/mol. The van der Waals surface area contributed by atoms with Crippen LogP contribution in [-0.4, -0.2) is 74.0 Å². The molecule has 0 aromatic rings. The summed E-state index contributed by atoms with van der Waals surface area (Å²) in [7, 11) is -5.32. The van der Waals surface area contributed by atoms with Gasteiger partial charge in [0.15, 0.2) is 49.4 Å². The molecule has 0 aromatic carbocycles. The fourth-order valence-corrected chi connectivity index (χ4v) is 4.82. The highest BCUT2D eigenvalue weighted by molar-refractivity contribution is 7.86. The molecule has 0 heterocycles. The minimum absolute atomic E-state index is 0.0303. The largest absolute Gasteiger partial charge is 0.285 e. The zero-order valence-corrected chi connectivity index (χ0v) is 21.5. The van der Waals surface area contributed by atoms with Gasteiger partial charge in [0, 0.05) is 0 Å². The molecule has 1 N–H and O–H groups in total. The molecule has 0 aliphatic rings. The van der Waals surface area contributed by atoms with Crippen molar-refractivity contribution in [1.82, 2.24) is 0 Å². The van der Waals surface area contributed by atoms with Gasteiger partial charge < -0.3 is 0 Å². The lowest BCUT2D eigenvalue weighted by Gasteiger charge is -2.28. The quantitative estimate of drug-likeness (QED) is 0.0799. The molecule has 3 nitrogen and oxygen atoms in total. The minimum atomic E-state index is -5.32. The van der Waals surface area contributed by atoms with E-state index >= 15 is 0 Å². The Morgan fingerprint density at radius 2 is 0.784 bits per heavy atom. The molecule has 9 unspecified atom stereocenters. The van der Waals surface area contributed by atoms with Crippen LogP contribution in [0.25, 0.3) is 0 Å². The molecule has 0 radical (unpaired) electrons. The molecule has 0 aromatic heterocycles. The van der Waals surface area contributed by atoms with Gasteiger partial charge in [-0.05, 0) is 6.42 Å². The Hall–Kier alpha value is -0.790. The molecule has 0 bridgehead atoms. The zero-order chi connectivity index (χ0) is 28.8. The van der Waals surface area contributed by atoms with Crippen LogP contribution in [0.5, 0.6) is 0 Å². The Balaban J connectivity index is 4.81. The Kier molecular flexibility index (Phi) is 18.1. The summed E-state index contributed by atoms with van der Waals surface area (Å²) in [4.78, 5) is 0. The van der Waals surface area contributed by atoms with E-state index in [2.05, 4.69) is 6.92 Å². The van der Waals surface area contributed by atoms with Crippen LogP contribution in [0.4, 0.5) is 43.9 Å². The van der Waals surface area contributed by atoms with Gasteiger partial charge in [-0.25, -0.2) is 43.9 Å². The standard InChI is InChI=1S/C23H38F10O3S/c1-2-3-4-5-6-7-8-9-10-11-12-13-14(37(34,35)36)15(24)16(25)17(26)18(27)19(28)20(29)21(30)22(31)23(32)33/h14-23H,2-13H2,1H3,(H,34,35,36). The van der Waals surface area contributed by atoms with Crippen LogP contribution < -0.4 is 0 Å². The van der Waals surface area contributed by atoms with E-state index in [9.17, 15) is 56.9 Å². The first-order valence-electron chi connectivity index (χ1n) is 12.5. The van der Waals surface area contributed by atoms with Gasteiger partial charge in [0.1, 0.15) is 5.25 Å². The second kappa shape index (κ2) is 18.5. The molecule has 0 aliphatic carbocycles. The summed E-state index contributed by atoms with van der Waals surface area (Å²) in [6.45, 7) is 2.10. The van der Waals surface area contributed by atoms with Crippen LogP contribution >= 0.6 is 0 Å². The van der Waals surface area contributed by atoms with E-state index in [-0.39, 0.29) is 6.42 Å². The fourth-order valence-electron chi connectivity index (χ4n) is 3.88. The normalized spacial score (nSPS) is 20.1. The van der Waals surface area contributed by atoms with E-state index in [0.29, 0.717) is 12.8 Å². The third kappa shape index (κ3) is 13.2. The highest BCUT2D eigenvalue weighted by atomic mass is 32.2. The van der Waals surface area contributed by atoms with Gasteiger partial charge in [-0.2, -0.15) is 8.42 Å². The van der Waals surface area contributed by atoms with Crippen molar-refractivity contribution >= 4 is 10.1 Å². The summed E-state index contributed by atoms with van der Waals surface area (Å²) < 4.78 is 166. The van der Waals surface area contributed by atoms with Crippen molar-refractivity contribution in [2.75, 3.05) is 0 Å². The SMILES string of the molecule is CCCCCCCCCCCCCC(C(F)C(F)C(F)C(F)C(F)C(F)C(F)C(F)C(F)F)S(=O)(=O)O. The number of unbranched alkanes of at least 4 members (excludes halogenated alkanes) is 10. The van der Waals surface area contributed by atoms with Gasteiger partial charge in [0.05, 0.1) is 0 Å². The maximum atomic E-state index is 14.5. The van der Waals surface area contributed by atoms with Crippen molar-refractivity contribution in [3.63, 3.8) is 0 Å². The molecule has 0 rings (SSSR count). The number of alkyl halides is 10. The minimum Gasteiger partial charge on any atom is -0.285 e. The topological polar surface area (TPSA) is 54.4 Å². The lowest BCUT2D eigenvalue weighted by atomic mass is 9.96. The number of rotatable bonds is 22. The van der Waals surface area contributed by atoms with Crippen molar-refractivity contribution in [2.45, 2.75) is 145 Å². The van der Waals surface area contributed by atoms with Gasteiger partial charge >= 0.3 is 0 Å². The van der Waals surface area contributed by atoms with Gasteiger partial charge in [-0.3, -0.25) is 4.55 Å². The summed E-state index contributed by atoms with van der Waals surface area (Å²) in [6.07, 6.45) is -26.3. The first-order valence-corrected chi connectivity index (χ1v) is 14.1. The zero-order valence-electron chi connectivity index (χ0n) is 20.7. The van der Waals surface area contributed by atoms with Gasteiger partial charge in [-0.15, -0.1) is 0 Å². The molecule has 9 atom stereocenters. The van der Waals surface area contributed by atoms with Crippen molar-refractivity contribution in [3.8, 4) is 0 Å². The lowest BCUT2D eigenvalue weighted by molar-refractivity contribution is -0.0700. The van der Waals surface area contributed by atoms with Crippen LogP contribution in [0, 0.1) is 0 Å². The van der Waals surface area contributed by atoms with E-state index in [1.54, 1.807) is 0 Å². The molecule has 0 spiro atoms. The van der Waals surface area contributed by atoms with Crippen LogP contribution in [0.3, 0.4) is 0 Å². The molecule has 0 fully saturated rings. The Bertz CT molecular complexity index is 688. The van der Waals surface area contributed by atoms with Crippen molar-refractivity contribution in [1.29, 1.82) is 0 Å². The average Bonchev–Trinajstić information content (AvgIpc) is 2.84. The number of halogens is 10. The Morgan fingerprint density at radius 1 is 0.486 bits per heavy atom. The number of hydrogen-bond donors (Lipinski definition) is 1. The third-order valence-electron chi connectivity index (χ3n) is 6.20. The number of hydrogen-bond acceptors (Lipinski definition) is 2. The van der Waals surface area contributed by atoms with E-state index in [4.69, 9.17) is 0 Å². The molecule has 0 saturated heterocycles. The first-order chi connectivity index (χ1) is 17.2. The fraction of sp³-hybridized carbons (Fsp3) is 1.00. The molecule has 0 aliphatic heterocycles. The highest BCUT2D eigenvalue weighted by Gasteiger charge is 2.50. The molecule has 0 amide bonds. The lowest BCUT2D eigenvalue weighted by Crippen LogP contribution is -2.50. The van der Waals surface area contributed by atoms with E-state index in [1.165, 1.54) is 6.42 Å². The Labute approximate surface area is 212 Å². The predicted octanol–water partition coefficient (Wildman–Crippen LogP) is 7.91. The second-order valence-corrected chi connectivity index (χ2v) is 10.9. The van der Waals surface area contributed by atoms with Crippen LogP contribution in [0.15, 0.2) is 0 Å². The van der Waals surface area contributed by atoms with Gasteiger partial charge in [0.25, 0.3) is 16.5 Å².